The van der Waals surface area contributed by atoms with E-state index in [4.69, 9.17) is 10.3 Å². The van der Waals surface area contributed by atoms with Crippen LogP contribution in [0.4, 0.5) is 9.59 Å². The van der Waals surface area contributed by atoms with Crippen molar-refractivity contribution in [2.45, 2.75) is 45.5 Å². The lowest BCUT2D eigenvalue weighted by Gasteiger charge is -2.35. The molecule has 1 heterocycles. The number of alkyl carbamates (subject to hydrolysis) is 1. The molecule has 1 aliphatic heterocycles. The Bertz CT molecular complexity index is 697. The normalized spacial score (nSPS) is 22.4. The minimum atomic E-state index is -1.12. The summed E-state index contributed by atoms with van der Waals surface area (Å²) in [4.78, 5) is 27.8. The summed E-state index contributed by atoms with van der Waals surface area (Å²) in [6.07, 6.45) is -1.80. The predicted molar refractivity (Wildman–Crippen MR) is 94.5 cm³/mol. The minimum absolute atomic E-state index is 0.0292. The van der Waals surface area contributed by atoms with Crippen LogP contribution in [0.1, 0.15) is 26.3 Å². The fourth-order valence-corrected chi connectivity index (χ4v) is 3.27. The third-order valence-corrected chi connectivity index (χ3v) is 4.30. The Labute approximate surface area is 151 Å². The number of hydrogen-bond acceptors (Lipinski definition) is 4. The van der Waals surface area contributed by atoms with Gasteiger partial charge >= 0.3 is 12.2 Å². The Hall–Kier alpha value is -2.93. The molecule has 1 fully saturated rings. The van der Waals surface area contributed by atoms with E-state index in [-0.39, 0.29) is 13.2 Å². The highest BCUT2D eigenvalue weighted by Gasteiger charge is 2.49. The molecule has 2 N–H and O–H groups in total. The summed E-state index contributed by atoms with van der Waals surface area (Å²) in [6, 6.07) is 7.25. The summed E-state index contributed by atoms with van der Waals surface area (Å²) in [5.74, 6) is 0. The van der Waals surface area contributed by atoms with Crippen molar-refractivity contribution in [3.8, 4) is 0 Å². The van der Waals surface area contributed by atoms with Gasteiger partial charge in [-0.15, -0.1) is 0 Å². The van der Waals surface area contributed by atoms with Crippen molar-refractivity contribution >= 4 is 12.2 Å². The maximum Gasteiger partial charge on any atom is 0.407 e. The van der Waals surface area contributed by atoms with E-state index in [1.54, 1.807) is 0 Å². The fourth-order valence-electron chi connectivity index (χ4n) is 3.27. The van der Waals surface area contributed by atoms with Crippen LogP contribution in [0.2, 0.25) is 0 Å². The highest BCUT2D eigenvalue weighted by atomic mass is 16.5. The molecule has 0 aliphatic carbocycles. The summed E-state index contributed by atoms with van der Waals surface area (Å²) in [5, 5.41) is 15.9. The number of rotatable bonds is 4. The van der Waals surface area contributed by atoms with Gasteiger partial charge in [0.05, 0.1) is 18.1 Å². The van der Waals surface area contributed by atoms with Crippen LogP contribution in [-0.4, -0.2) is 46.9 Å². The molecule has 0 bridgehead atoms. The van der Waals surface area contributed by atoms with E-state index in [0.29, 0.717) is 0 Å². The molecule has 26 heavy (non-hydrogen) atoms. The Balaban J connectivity index is 2.10. The van der Waals surface area contributed by atoms with E-state index in [9.17, 15) is 14.7 Å². The maximum absolute atomic E-state index is 12.1. The SMILES string of the molecule is CC(C)(C)C1[C@H](N=[N+]=[N-])[C@@H](NC(=O)OCc2ccccc2)CN1C(=O)O. The van der Waals surface area contributed by atoms with Crippen molar-refractivity contribution in [2.75, 3.05) is 6.54 Å². The Morgan fingerprint density at radius 3 is 2.58 bits per heavy atom. The average Bonchev–Trinajstić information content (AvgIpc) is 2.93. The number of nitrogens with zero attached hydrogens (tertiary/aromatic N) is 4. The molecule has 3 atom stereocenters. The molecule has 0 saturated carbocycles. The van der Waals surface area contributed by atoms with E-state index in [1.165, 1.54) is 4.90 Å². The van der Waals surface area contributed by atoms with Gasteiger partial charge in [-0.05, 0) is 16.5 Å². The molecule has 140 valence electrons. The zero-order chi connectivity index (χ0) is 19.3. The monoisotopic (exact) mass is 361 g/mol. The summed E-state index contributed by atoms with van der Waals surface area (Å²) < 4.78 is 5.18. The first-order valence-electron chi connectivity index (χ1n) is 8.25. The summed E-state index contributed by atoms with van der Waals surface area (Å²) in [6.45, 7) is 5.72. The topological polar surface area (TPSA) is 128 Å². The van der Waals surface area contributed by atoms with Crippen molar-refractivity contribution in [3.05, 3.63) is 46.3 Å². The number of carbonyl (C=O) groups is 2. The summed E-state index contributed by atoms with van der Waals surface area (Å²) in [7, 11) is 0. The second-order valence-electron chi connectivity index (χ2n) is 7.25. The average molecular weight is 361 g/mol. The third kappa shape index (κ3) is 4.58. The fraction of sp³-hybridized carbons (Fsp3) is 0.529. The van der Waals surface area contributed by atoms with E-state index >= 15 is 0 Å². The molecule has 9 nitrogen and oxygen atoms in total. The molecule has 0 aromatic heterocycles. The first kappa shape index (κ1) is 19.4. The number of carboxylic acid groups (broad SMARTS) is 1. The van der Waals surface area contributed by atoms with Crippen LogP contribution in [0.5, 0.6) is 0 Å². The van der Waals surface area contributed by atoms with Gasteiger partial charge in [0.2, 0.25) is 0 Å². The summed E-state index contributed by atoms with van der Waals surface area (Å²) in [5.41, 5.74) is 9.25. The molecule has 1 aromatic rings. The van der Waals surface area contributed by atoms with Crippen LogP contribution < -0.4 is 5.32 Å². The van der Waals surface area contributed by atoms with Crippen LogP contribution in [0.25, 0.3) is 10.4 Å². The first-order valence-corrected chi connectivity index (χ1v) is 8.25. The smallest absolute Gasteiger partial charge is 0.407 e. The number of ether oxygens (including phenoxy) is 1. The van der Waals surface area contributed by atoms with Crippen molar-refractivity contribution in [1.29, 1.82) is 0 Å². The maximum atomic E-state index is 12.1. The standard InChI is InChI=1S/C17H23N5O4/c1-17(2,3)14-13(20-21-18)12(9-22(14)16(24)25)19-15(23)26-10-11-7-5-4-6-8-11/h4-8,12-14H,9-10H2,1-3H3,(H,19,23)(H,24,25)/t12-,13+,14?/m0/s1. The number of hydrogen-bond donors (Lipinski definition) is 2. The van der Waals surface area contributed by atoms with Gasteiger partial charge in [0.1, 0.15) is 6.61 Å². The number of nitrogens with one attached hydrogen (secondary N) is 1. The molecular formula is C17H23N5O4. The Kier molecular flexibility index (Phi) is 5.94. The van der Waals surface area contributed by atoms with Crippen LogP contribution in [0.3, 0.4) is 0 Å². The van der Waals surface area contributed by atoms with Gasteiger partial charge in [-0.2, -0.15) is 0 Å². The molecule has 2 rings (SSSR count). The second kappa shape index (κ2) is 7.97. The van der Waals surface area contributed by atoms with Gasteiger partial charge in [0.25, 0.3) is 0 Å². The number of amides is 2. The van der Waals surface area contributed by atoms with Gasteiger partial charge in [0, 0.05) is 11.5 Å². The van der Waals surface area contributed by atoms with Gasteiger partial charge < -0.3 is 20.1 Å². The van der Waals surface area contributed by atoms with E-state index < -0.39 is 35.7 Å². The number of carbonyl (C=O) groups excluding carboxylic acids is 1. The second-order valence-corrected chi connectivity index (χ2v) is 7.25. The lowest BCUT2D eigenvalue weighted by Crippen LogP contribution is -2.48. The van der Waals surface area contributed by atoms with E-state index in [0.717, 1.165) is 5.56 Å². The van der Waals surface area contributed by atoms with Crippen molar-refractivity contribution < 1.29 is 19.4 Å². The van der Waals surface area contributed by atoms with Gasteiger partial charge in [0.15, 0.2) is 0 Å². The van der Waals surface area contributed by atoms with E-state index in [2.05, 4.69) is 15.3 Å². The molecule has 1 saturated heterocycles. The Morgan fingerprint density at radius 1 is 1.38 bits per heavy atom. The molecule has 0 spiro atoms. The third-order valence-electron chi connectivity index (χ3n) is 4.30. The largest absolute Gasteiger partial charge is 0.465 e. The molecule has 1 aliphatic rings. The quantitative estimate of drug-likeness (QED) is 0.484. The number of benzene rings is 1. The molecular weight excluding hydrogens is 338 g/mol. The number of likely N-dealkylation sites (tertiary alicyclic amines) is 1. The van der Waals surface area contributed by atoms with Crippen LogP contribution >= 0.6 is 0 Å². The lowest BCUT2D eigenvalue weighted by atomic mass is 9.82. The van der Waals surface area contributed by atoms with E-state index in [1.807, 2.05) is 51.1 Å². The number of azide groups is 1. The molecule has 2 amide bonds. The lowest BCUT2D eigenvalue weighted by molar-refractivity contribution is 0.102. The Morgan fingerprint density at radius 2 is 2.04 bits per heavy atom. The zero-order valence-electron chi connectivity index (χ0n) is 15.0. The first-order chi connectivity index (χ1) is 12.2. The van der Waals surface area contributed by atoms with Crippen molar-refractivity contribution in [3.63, 3.8) is 0 Å². The molecule has 1 unspecified atom stereocenters. The predicted octanol–water partition coefficient (Wildman–Crippen LogP) is 3.37. The highest BCUT2D eigenvalue weighted by molar-refractivity contribution is 5.69. The van der Waals surface area contributed by atoms with Crippen LogP contribution in [0, 0.1) is 5.41 Å². The molecule has 1 aromatic carbocycles. The van der Waals surface area contributed by atoms with Gasteiger partial charge in [-0.3, -0.25) is 0 Å². The van der Waals surface area contributed by atoms with Crippen LogP contribution in [0.15, 0.2) is 35.4 Å². The van der Waals surface area contributed by atoms with Crippen molar-refractivity contribution in [1.82, 2.24) is 10.2 Å². The van der Waals surface area contributed by atoms with Gasteiger partial charge in [-0.1, -0.05) is 56.2 Å². The summed E-state index contributed by atoms with van der Waals surface area (Å²) >= 11 is 0. The molecule has 0 radical (unpaired) electrons. The van der Waals surface area contributed by atoms with Crippen LogP contribution in [-0.2, 0) is 11.3 Å². The minimum Gasteiger partial charge on any atom is -0.465 e. The van der Waals surface area contributed by atoms with Gasteiger partial charge in [-0.25, -0.2) is 9.59 Å². The van der Waals surface area contributed by atoms with Crippen molar-refractivity contribution in [2.24, 2.45) is 10.5 Å². The molecule has 9 heteroatoms. The zero-order valence-corrected chi connectivity index (χ0v) is 15.0. The highest BCUT2D eigenvalue weighted by Crippen LogP contribution is 2.35.